The molecule has 0 spiro atoms. The minimum Gasteiger partial charge on any atom is -0.481 e. The van der Waals surface area contributed by atoms with Gasteiger partial charge >= 0.3 is 5.97 Å². The second-order valence-corrected chi connectivity index (χ2v) is 4.53. The van der Waals surface area contributed by atoms with E-state index in [0.29, 0.717) is 6.42 Å². The van der Waals surface area contributed by atoms with Crippen molar-refractivity contribution in [2.75, 3.05) is 0 Å². The average molecular weight is 170 g/mol. The van der Waals surface area contributed by atoms with Crippen molar-refractivity contribution in [1.29, 1.82) is 0 Å². The van der Waals surface area contributed by atoms with Gasteiger partial charge in [-0.25, -0.2) is 0 Å². The lowest BCUT2D eigenvalue weighted by molar-refractivity contribution is -0.148. The largest absolute Gasteiger partial charge is 0.481 e. The molecule has 68 valence electrons. The summed E-state index contributed by atoms with van der Waals surface area (Å²) in [6.45, 7) is 5.26. The molecule has 1 fully saturated rings. The SMILES string of the molecule is CC1(C)CC(C)(C(=O)O)CC1=O. The maximum absolute atomic E-state index is 11.4. The summed E-state index contributed by atoms with van der Waals surface area (Å²) in [7, 11) is 0. The summed E-state index contributed by atoms with van der Waals surface area (Å²) in [5, 5.41) is 8.87. The Hall–Kier alpha value is -0.860. The lowest BCUT2D eigenvalue weighted by atomic mass is 9.83. The van der Waals surface area contributed by atoms with Crippen molar-refractivity contribution in [3.05, 3.63) is 0 Å². The summed E-state index contributed by atoms with van der Waals surface area (Å²) >= 11 is 0. The van der Waals surface area contributed by atoms with Crippen LogP contribution in [0.25, 0.3) is 0 Å². The lowest BCUT2D eigenvalue weighted by Gasteiger charge is -2.19. The Labute approximate surface area is 71.8 Å². The van der Waals surface area contributed by atoms with E-state index in [0.717, 1.165) is 0 Å². The van der Waals surface area contributed by atoms with Gasteiger partial charge in [-0.1, -0.05) is 13.8 Å². The summed E-state index contributed by atoms with van der Waals surface area (Å²) in [6.07, 6.45) is 0.628. The van der Waals surface area contributed by atoms with Gasteiger partial charge in [0.2, 0.25) is 0 Å². The second-order valence-electron chi connectivity index (χ2n) is 4.53. The zero-order valence-electron chi connectivity index (χ0n) is 7.68. The normalized spacial score (nSPS) is 33.8. The van der Waals surface area contributed by atoms with Gasteiger partial charge in [-0.15, -0.1) is 0 Å². The Balaban J connectivity index is 2.92. The molecule has 0 heterocycles. The van der Waals surface area contributed by atoms with E-state index < -0.39 is 16.8 Å². The van der Waals surface area contributed by atoms with Crippen LogP contribution in [-0.2, 0) is 9.59 Å². The van der Waals surface area contributed by atoms with Crippen LogP contribution in [-0.4, -0.2) is 16.9 Å². The van der Waals surface area contributed by atoms with Gasteiger partial charge in [0, 0.05) is 11.8 Å². The van der Waals surface area contributed by atoms with Crippen LogP contribution in [0.4, 0.5) is 0 Å². The van der Waals surface area contributed by atoms with Gasteiger partial charge in [-0.2, -0.15) is 0 Å². The summed E-state index contributed by atoms with van der Waals surface area (Å²) < 4.78 is 0. The number of aliphatic carboxylic acids is 1. The third-order valence-corrected chi connectivity index (χ3v) is 2.65. The molecule has 0 aromatic rings. The molecule has 12 heavy (non-hydrogen) atoms. The van der Waals surface area contributed by atoms with Crippen molar-refractivity contribution in [2.45, 2.75) is 33.6 Å². The van der Waals surface area contributed by atoms with Crippen molar-refractivity contribution in [2.24, 2.45) is 10.8 Å². The van der Waals surface area contributed by atoms with E-state index in [9.17, 15) is 9.59 Å². The zero-order valence-corrected chi connectivity index (χ0v) is 7.68. The molecule has 1 unspecified atom stereocenters. The number of carboxylic acids is 1. The molecular formula is C9H14O3. The van der Waals surface area contributed by atoms with Crippen LogP contribution in [0.15, 0.2) is 0 Å². The van der Waals surface area contributed by atoms with Crippen LogP contribution in [0.5, 0.6) is 0 Å². The number of hydrogen-bond donors (Lipinski definition) is 1. The minimum absolute atomic E-state index is 0.0624. The van der Waals surface area contributed by atoms with Crippen molar-refractivity contribution >= 4 is 11.8 Å². The van der Waals surface area contributed by atoms with Crippen molar-refractivity contribution in [3.63, 3.8) is 0 Å². The number of carboxylic acid groups (broad SMARTS) is 1. The molecule has 1 rings (SSSR count). The number of ketones is 1. The summed E-state index contributed by atoms with van der Waals surface area (Å²) in [5.74, 6) is -0.797. The molecule has 0 amide bonds. The quantitative estimate of drug-likeness (QED) is 0.648. The standard InChI is InChI=1S/C9H14O3/c1-8(2)5-9(3,7(11)12)4-6(8)10/h4-5H2,1-3H3,(H,11,12). The van der Waals surface area contributed by atoms with Gasteiger partial charge < -0.3 is 5.11 Å². The molecule has 0 radical (unpaired) electrons. The second kappa shape index (κ2) is 2.31. The molecule has 1 saturated carbocycles. The van der Waals surface area contributed by atoms with Gasteiger partial charge in [0.1, 0.15) is 5.78 Å². The van der Waals surface area contributed by atoms with Crippen LogP contribution in [0, 0.1) is 10.8 Å². The van der Waals surface area contributed by atoms with Crippen molar-refractivity contribution in [1.82, 2.24) is 0 Å². The first-order chi connectivity index (χ1) is 5.28. The maximum Gasteiger partial charge on any atom is 0.309 e. The molecule has 3 nitrogen and oxygen atoms in total. The van der Waals surface area contributed by atoms with Gasteiger partial charge in [-0.05, 0) is 13.3 Å². The predicted molar refractivity (Wildman–Crippen MR) is 43.8 cm³/mol. The number of hydrogen-bond acceptors (Lipinski definition) is 2. The van der Waals surface area contributed by atoms with E-state index in [2.05, 4.69) is 0 Å². The number of rotatable bonds is 1. The monoisotopic (exact) mass is 170 g/mol. The van der Waals surface area contributed by atoms with Crippen molar-refractivity contribution in [3.8, 4) is 0 Å². The number of carbonyl (C=O) groups excluding carboxylic acids is 1. The fourth-order valence-electron chi connectivity index (χ4n) is 1.88. The zero-order chi connectivity index (χ0) is 9.57. The number of carbonyl (C=O) groups is 2. The molecule has 1 aliphatic carbocycles. The van der Waals surface area contributed by atoms with E-state index in [1.165, 1.54) is 0 Å². The van der Waals surface area contributed by atoms with Crippen LogP contribution in [0.2, 0.25) is 0 Å². The molecular weight excluding hydrogens is 156 g/mol. The van der Waals surface area contributed by atoms with Gasteiger partial charge in [0.15, 0.2) is 0 Å². The van der Waals surface area contributed by atoms with Crippen molar-refractivity contribution < 1.29 is 14.7 Å². The third-order valence-electron chi connectivity index (χ3n) is 2.65. The van der Waals surface area contributed by atoms with E-state index in [4.69, 9.17) is 5.11 Å². The fraction of sp³-hybridized carbons (Fsp3) is 0.778. The van der Waals surface area contributed by atoms with Gasteiger partial charge in [0.25, 0.3) is 0 Å². The molecule has 1 atom stereocenters. The molecule has 0 aromatic carbocycles. The van der Waals surface area contributed by atoms with Crippen LogP contribution < -0.4 is 0 Å². The van der Waals surface area contributed by atoms with E-state index in [1.54, 1.807) is 6.92 Å². The fourth-order valence-corrected chi connectivity index (χ4v) is 1.88. The Bertz CT molecular complexity index is 242. The van der Waals surface area contributed by atoms with E-state index in [1.807, 2.05) is 13.8 Å². The molecule has 0 aliphatic heterocycles. The van der Waals surface area contributed by atoms with Gasteiger partial charge in [-0.3, -0.25) is 9.59 Å². The molecule has 3 heteroatoms. The van der Waals surface area contributed by atoms with Crippen LogP contribution >= 0.6 is 0 Å². The molecule has 0 bridgehead atoms. The average Bonchev–Trinajstić information content (AvgIpc) is 2.03. The lowest BCUT2D eigenvalue weighted by Crippen LogP contribution is -2.25. The predicted octanol–water partition coefficient (Wildman–Crippen LogP) is 1.47. The highest BCUT2D eigenvalue weighted by atomic mass is 16.4. The third kappa shape index (κ3) is 1.24. The molecule has 1 aliphatic rings. The minimum atomic E-state index is -0.860. The Kier molecular flexibility index (Phi) is 1.78. The summed E-state index contributed by atoms with van der Waals surface area (Å²) in [4.78, 5) is 22.2. The van der Waals surface area contributed by atoms with E-state index in [-0.39, 0.29) is 12.2 Å². The van der Waals surface area contributed by atoms with Crippen LogP contribution in [0.1, 0.15) is 33.6 Å². The first-order valence-electron chi connectivity index (χ1n) is 4.05. The Morgan fingerprint density at radius 3 is 2.08 bits per heavy atom. The van der Waals surface area contributed by atoms with E-state index >= 15 is 0 Å². The molecule has 0 saturated heterocycles. The molecule has 0 aromatic heterocycles. The maximum atomic E-state index is 11.4. The molecule has 1 N–H and O–H groups in total. The smallest absolute Gasteiger partial charge is 0.309 e. The highest BCUT2D eigenvalue weighted by molar-refractivity contribution is 5.93. The Morgan fingerprint density at radius 2 is 1.92 bits per heavy atom. The highest BCUT2D eigenvalue weighted by Gasteiger charge is 2.50. The summed E-state index contributed by atoms with van der Waals surface area (Å²) in [6, 6.07) is 0. The number of Topliss-reactive ketones (excluding diaryl/α,β-unsaturated/α-hetero) is 1. The topological polar surface area (TPSA) is 54.4 Å². The Morgan fingerprint density at radius 1 is 1.42 bits per heavy atom. The first-order valence-corrected chi connectivity index (χ1v) is 4.05. The van der Waals surface area contributed by atoms with Gasteiger partial charge in [0.05, 0.1) is 5.41 Å². The highest BCUT2D eigenvalue weighted by Crippen LogP contribution is 2.46. The first kappa shape index (κ1) is 9.23. The van der Waals surface area contributed by atoms with Crippen LogP contribution in [0.3, 0.4) is 0 Å². The summed E-state index contributed by atoms with van der Waals surface area (Å²) in [5.41, 5.74) is -1.28.